The number of nitrogens with zero attached hydrogens (tertiary/aromatic N) is 3. The van der Waals surface area contributed by atoms with Gasteiger partial charge in [-0.1, -0.05) is 18.5 Å². The predicted molar refractivity (Wildman–Crippen MR) is 87.6 cm³/mol. The Labute approximate surface area is 158 Å². The van der Waals surface area contributed by atoms with Crippen LogP contribution in [0.4, 0.5) is 13.2 Å². The smallest absolute Gasteiger partial charge is 0.416 e. The highest BCUT2D eigenvalue weighted by atomic mass is 35.5. The molecule has 1 aliphatic rings. The van der Waals surface area contributed by atoms with E-state index in [-0.39, 0.29) is 25.6 Å². The molecule has 1 atom stereocenters. The zero-order chi connectivity index (χ0) is 19.8. The van der Waals surface area contributed by atoms with Gasteiger partial charge in [-0.2, -0.15) is 17.5 Å². The summed E-state index contributed by atoms with van der Waals surface area (Å²) in [6.07, 6.45) is -4.16. The minimum atomic E-state index is -4.63. The molecular weight excluding hydrogens is 411 g/mol. The van der Waals surface area contributed by atoms with Crippen LogP contribution in [0.5, 0.6) is 0 Å². The molecule has 1 saturated heterocycles. The zero-order valence-corrected chi connectivity index (χ0v) is 15.6. The first kappa shape index (κ1) is 20.1. The second kappa shape index (κ2) is 7.38. The van der Waals surface area contributed by atoms with E-state index in [1.54, 1.807) is 6.92 Å². The van der Waals surface area contributed by atoms with Crippen molar-refractivity contribution in [3.63, 3.8) is 0 Å². The number of rotatable bonds is 4. The van der Waals surface area contributed by atoms with Crippen molar-refractivity contribution in [2.45, 2.75) is 30.5 Å². The largest absolute Gasteiger partial charge is 0.423 e. The fraction of sp³-hybridized carbons (Fsp3) is 0.467. The SMILES string of the molecule is CCc1nnc(C2COCCN2S(=O)(=O)c2ccc(C(F)(F)F)cc2Cl)o1. The lowest BCUT2D eigenvalue weighted by Crippen LogP contribution is -2.43. The number of ether oxygens (including phenoxy) is 1. The van der Waals surface area contributed by atoms with E-state index < -0.39 is 37.7 Å². The van der Waals surface area contributed by atoms with Gasteiger partial charge in [0.2, 0.25) is 21.8 Å². The van der Waals surface area contributed by atoms with Crippen LogP contribution in [0.2, 0.25) is 5.02 Å². The average Bonchev–Trinajstić information content (AvgIpc) is 3.09. The number of sulfonamides is 1. The fourth-order valence-electron chi connectivity index (χ4n) is 2.63. The summed E-state index contributed by atoms with van der Waals surface area (Å²) in [5, 5.41) is 7.14. The van der Waals surface area contributed by atoms with Crippen LogP contribution in [0, 0.1) is 0 Å². The molecule has 3 rings (SSSR count). The Hall–Kier alpha value is -1.69. The summed E-state index contributed by atoms with van der Waals surface area (Å²) < 4.78 is 76.3. The third-order valence-electron chi connectivity index (χ3n) is 4.00. The van der Waals surface area contributed by atoms with Crippen molar-refractivity contribution in [1.29, 1.82) is 0 Å². The van der Waals surface area contributed by atoms with Crippen molar-refractivity contribution in [3.05, 3.63) is 40.6 Å². The van der Waals surface area contributed by atoms with Crippen LogP contribution < -0.4 is 0 Å². The first-order valence-electron chi connectivity index (χ1n) is 7.93. The van der Waals surface area contributed by atoms with E-state index >= 15 is 0 Å². The van der Waals surface area contributed by atoms with E-state index in [9.17, 15) is 21.6 Å². The zero-order valence-electron chi connectivity index (χ0n) is 14.0. The molecule has 2 aromatic rings. The molecule has 0 saturated carbocycles. The summed E-state index contributed by atoms with van der Waals surface area (Å²) in [5.41, 5.74) is -1.03. The standard InChI is InChI=1S/C15H15ClF3N3O4S/c1-2-13-20-21-14(26-13)11-8-25-6-5-22(11)27(23,24)12-4-3-9(7-10(12)16)15(17,18)19/h3-4,7,11H,2,5-6,8H2,1H3. The molecule has 0 radical (unpaired) electrons. The van der Waals surface area contributed by atoms with Crippen molar-refractivity contribution < 1.29 is 30.7 Å². The van der Waals surface area contributed by atoms with E-state index in [1.165, 1.54) is 0 Å². The van der Waals surface area contributed by atoms with Gasteiger partial charge in [0.15, 0.2) is 0 Å². The van der Waals surface area contributed by atoms with Crippen LogP contribution in [-0.4, -0.2) is 42.7 Å². The molecule has 1 aromatic heterocycles. The molecule has 1 aliphatic heterocycles. The average molecular weight is 426 g/mol. The summed E-state index contributed by atoms with van der Waals surface area (Å²) in [6, 6.07) is 1.22. The Morgan fingerprint density at radius 3 is 2.67 bits per heavy atom. The highest BCUT2D eigenvalue weighted by Crippen LogP contribution is 2.36. The second-order valence-electron chi connectivity index (χ2n) is 5.74. The Balaban J connectivity index is 1.99. The van der Waals surface area contributed by atoms with E-state index in [0.29, 0.717) is 24.4 Å². The first-order chi connectivity index (χ1) is 12.6. The molecule has 1 aromatic carbocycles. The highest BCUT2D eigenvalue weighted by Gasteiger charge is 2.40. The first-order valence-corrected chi connectivity index (χ1v) is 9.75. The molecule has 0 N–H and O–H groups in total. The number of alkyl halides is 3. The van der Waals surface area contributed by atoms with Crippen LogP contribution in [0.1, 0.15) is 30.3 Å². The van der Waals surface area contributed by atoms with Crippen LogP contribution >= 0.6 is 11.6 Å². The minimum Gasteiger partial charge on any atom is -0.423 e. The van der Waals surface area contributed by atoms with Crippen LogP contribution in [-0.2, 0) is 27.4 Å². The van der Waals surface area contributed by atoms with Crippen LogP contribution in [0.25, 0.3) is 0 Å². The lowest BCUT2D eigenvalue weighted by Gasteiger charge is -2.32. The maximum absolute atomic E-state index is 13.0. The summed E-state index contributed by atoms with van der Waals surface area (Å²) in [5.74, 6) is 0.388. The second-order valence-corrected chi connectivity index (χ2v) is 8.00. The fourth-order valence-corrected chi connectivity index (χ4v) is 4.70. The maximum atomic E-state index is 13.0. The third-order valence-corrected chi connectivity index (χ3v) is 6.39. The normalized spacial score (nSPS) is 19.4. The van der Waals surface area contributed by atoms with E-state index in [0.717, 1.165) is 10.4 Å². The van der Waals surface area contributed by atoms with Crippen LogP contribution in [0.15, 0.2) is 27.5 Å². The van der Waals surface area contributed by atoms with Gasteiger partial charge in [0.05, 0.1) is 23.8 Å². The number of hydrogen-bond acceptors (Lipinski definition) is 6. The predicted octanol–water partition coefficient (Wildman–Crippen LogP) is 3.07. The molecule has 27 heavy (non-hydrogen) atoms. The maximum Gasteiger partial charge on any atom is 0.416 e. The molecule has 0 aliphatic carbocycles. The number of aromatic nitrogens is 2. The Morgan fingerprint density at radius 2 is 2.07 bits per heavy atom. The third kappa shape index (κ3) is 3.96. The molecule has 0 spiro atoms. The number of morpholine rings is 1. The molecule has 12 heteroatoms. The van der Waals surface area contributed by atoms with Crippen LogP contribution in [0.3, 0.4) is 0 Å². The van der Waals surface area contributed by atoms with E-state index in [2.05, 4.69) is 10.2 Å². The lowest BCUT2D eigenvalue weighted by atomic mass is 10.2. The van der Waals surface area contributed by atoms with Gasteiger partial charge in [-0.25, -0.2) is 8.42 Å². The van der Waals surface area contributed by atoms with Crippen molar-refractivity contribution in [1.82, 2.24) is 14.5 Å². The summed E-state index contributed by atoms with van der Waals surface area (Å²) in [4.78, 5) is -0.431. The van der Waals surface area contributed by atoms with Gasteiger partial charge in [-0.3, -0.25) is 0 Å². The molecule has 148 valence electrons. The van der Waals surface area contributed by atoms with Crippen molar-refractivity contribution in [2.75, 3.05) is 19.8 Å². The molecule has 7 nitrogen and oxygen atoms in total. The topological polar surface area (TPSA) is 85.5 Å². The Kier molecular flexibility index (Phi) is 5.48. The molecule has 2 heterocycles. The van der Waals surface area contributed by atoms with E-state index in [1.807, 2.05) is 0 Å². The lowest BCUT2D eigenvalue weighted by molar-refractivity contribution is -0.137. The molecule has 0 amide bonds. The van der Waals surface area contributed by atoms with Gasteiger partial charge >= 0.3 is 6.18 Å². The Bertz CT molecular complexity index is 933. The monoisotopic (exact) mass is 425 g/mol. The minimum absolute atomic E-state index is 0.0250. The quantitative estimate of drug-likeness (QED) is 0.748. The van der Waals surface area contributed by atoms with Crippen molar-refractivity contribution in [3.8, 4) is 0 Å². The summed E-state index contributed by atoms with van der Waals surface area (Å²) in [7, 11) is -4.22. The molecule has 1 unspecified atom stereocenters. The number of aryl methyl sites for hydroxylation is 1. The number of hydrogen-bond donors (Lipinski definition) is 0. The van der Waals surface area contributed by atoms with Gasteiger partial charge in [-0.15, -0.1) is 10.2 Å². The Morgan fingerprint density at radius 1 is 1.33 bits per heavy atom. The van der Waals surface area contributed by atoms with Gasteiger partial charge in [0, 0.05) is 13.0 Å². The summed E-state index contributed by atoms with van der Waals surface area (Å²) in [6.45, 7) is 1.85. The van der Waals surface area contributed by atoms with Crippen molar-refractivity contribution >= 4 is 21.6 Å². The highest BCUT2D eigenvalue weighted by molar-refractivity contribution is 7.89. The molecule has 1 fully saturated rings. The molecular formula is C15H15ClF3N3O4S. The van der Waals surface area contributed by atoms with Gasteiger partial charge in [0.1, 0.15) is 10.9 Å². The van der Waals surface area contributed by atoms with Gasteiger partial charge in [-0.05, 0) is 18.2 Å². The molecule has 0 bridgehead atoms. The van der Waals surface area contributed by atoms with E-state index in [4.69, 9.17) is 20.8 Å². The van der Waals surface area contributed by atoms with Gasteiger partial charge in [0.25, 0.3) is 0 Å². The van der Waals surface area contributed by atoms with Gasteiger partial charge < -0.3 is 9.15 Å². The van der Waals surface area contributed by atoms with Crippen molar-refractivity contribution in [2.24, 2.45) is 0 Å². The number of halogens is 4. The summed E-state index contributed by atoms with van der Waals surface area (Å²) >= 11 is 5.87. The number of benzene rings is 1.